The number of aliphatic hydroxyl groups is 1. The molecule has 2 rings (SSSR count). The van der Waals surface area contributed by atoms with Crippen LogP contribution >= 0.6 is 11.5 Å². The van der Waals surface area contributed by atoms with Crippen LogP contribution in [0.25, 0.3) is 0 Å². The van der Waals surface area contributed by atoms with E-state index in [9.17, 15) is 5.11 Å². The van der Waals surface area contributed by atoms with Crippen molar-refractivity contribution in [2.75, 3.05) is 0 Å². The maximum absolute atomic E-state index is 10.3. The Morgan fingerprint density at radius 1 is 1.36 bits per heavy atom. The molecular weight excluding hydrogens is 196 g/mol. The second kappa shape index (κ2) is 3.48. The summed E-state index contributed by atoms with van der Waals surface area (Å²) in [4.78, 5) is 4.81. The van der Waals surface area contributed by atoms with Gasteiger partial charge in [-0.25, -0.2) is 4.37 Å². The van der Waals surface area contributed by atoms with Crippen molar-refractivity contribution in [2.45, 2.75) is 12.5 Å². The molecule has 0 amide bonds. The summed E-state index contributed by atoms with van der Waals surface area (Å²) in [6, 6.07) is 5.48. The van der Waals surface area contributed by atoms with E-state index in [-0.39, 0.29) is 0 Å². The van der Waals surface area contributed by atoms with Crippen LogP contribution in [0.3, 0.4) is 0 Å². The second-order valence-corrected chi connectivity index (χ2v) is 4.02. The number of aromatic nitrogens is 2. The van der Waals surface area contributed by atoms with E-state index in [1.54, 1.807) is 25.5 Å². The van der Waals surface area contributed by atoms with E-state index in [1.807, 2.05) is 18.2 Å². The van der Waals surface area contributed by atoms with Crippen LogP contribution in [-0.4, -0.2) is 14.5 Å². The molecule has 4 heteroatoms. The molecule has 0 aromatic carbocycles. The van der Waals surface area contributed by atoms with E-state index in [2.05, 4.69) is 9.36 Å². The predicted octanol–water partition coefficient (Wildman–Crippen LogP) is 1.79. The van der Waals surface area contributed by atoms with Gasteiger partial charge in [0.2, 0.25) is 0 Å². The highest BCUT2D eigenvalue weighted by atomic mass is 32.1. The maximum atomic E-state index is 10.3. The number of hydrogen-bond acceptors (Lipinski definition) is 4. The minimum Gasteiger partial charge on any atom is -0.380 e. The van der Waals surface area contributed by atoms with Gasteiger partial charge in [-0.05, 0) is 30.6 Å². The standard InChI is InChI=1S/C10H10N2OS/c1-10(13,9-4-6-12-14-9)8-3-2-5-11-7-8/h2-7,13H,1H3. The van der Waals surface area contributed by atoms with Crippen molar-refractivity contribution in [3.63, 3.8) is 0 Å². The number of nitrogens with zero attached hydrogens (tertiary/aromatic N) is 2. The van der Waals surface area contributed by atoms with E-state index in [1.165, 1.54) is 11.5 Å². The van der Waals surface area contributed by atoms with Gasteiger partial charge in [-0.15, -0.1) is 0 Å². The molecule has 0 aliphatic heterocycles. The van der Waals surface area contributed by atoms with E-state index < -0.39 is 5.60 Å². The third-order valence-corrected chi connectivity index (χ3v) is 3.10. The SMILES string of the molecule is CC(O)(c1cccnc1)c1ccns1. The quantitative estimate of drug-likeness (QED) is 0.814. The van der Waals surface area contributed by atoms with Gasteiger partial charge in [0.1, 0.15) is 5.60 Å². The molecule has 0 aliphatic rings. The molecule has 3 nitrogen and oxygen atoms in total. The van der Waals surface area contributed by atoms with Gasteiger partial charge in [0, 0.05) is 24.2 Å². The average Bonchev–Trinajstić information content (AvgIpc) is 2.72. The molecule has 1 atom stereocenters. The lowest BCUT2D eigenvalue weighted by Gasteiger charge is -2.20. The number of hydrogen-bond donors (Lipinski definition) is 1. The second-order valence-electron chi connectivity index (χ2n) is 3.19. The number of rotatable bonds is 2. The first-order valence-corrected chi connectivity index (χ1v) is 5.02. The molecule has 0 fully saturated rings. The zero-order valence-corrected chi connectivity index (χ0v) is 8.53. The van der Waals surface area contributed by atoms with Crippen molar-refractivity contribution >= 4 is 11.5 Å². The first-order valence-electron chi connectivity index (χ1n) is 4.25. The molecule has 2 aromatic heterocycles. The smallest absolute Gasteiger partial charge is 0.124 e. The molecular formula is C10H10N2OS. The normalized spacial score (nSPS) is 15.0. The maximum Gasteiger partial charge on any atom is 0.124 e. The Hall–Kier alpha value is -1.26. The molecule has 1 N–H and O–H groups in total. The lowest BCUT2D eigenvalue weighted by molar-refractivity contribution is 0.106. The Bertz CT molecular complexity index is 397. The summed E-state index contributed by atoms with van der Waals surface area (Å²) in [5.74, 6) is 0. The van der Waals surface area contributed by atoms with E-state index in [0.717, 1.165) is 10.4 Å². The van der Waals surface area contributed by atoms with Crippen molar-refractivity contribution in [3.8, 4) is 0 Å². The van der Waals surface area contributed by atoms with Crippen LogP contribution in [0.2, 0.25) is 0 Å². The van der Waals surface area contributed by atoms with Crippen LogP contribution < -0.4 is 0 Å². The Labute approximate surface area is 86.2 Å². The van der Waals surface area contributed by atoms with Crippen LogP contribution in [0.5, 0.6) is 0 Å². The zero-order valence-electron chi connectivity index (χ0n) is 7.71. The van der Waals surface area contributed by atoms with Gasteiger partial charge < -0.3 is 5.11 Å². The van der Waals surface area contributed by atoms with Gasteiger partial charge in [0.15, 0.2) is 0 Å². The predicted molar refractivity (Wildman–Crippen MR) is 55.0 cm³/mol. The molecule has 0 radical (unpaired) electrons. The molecule has 0 spiro atoms. The van der Waals surface area contributed by atoms with E-state index in [0.29, 0.717) is 0 Å². The summed E-state index contributed by atoms with van der Waals surface area (Å²) in [5.41, 5.74) is -0.209. The topological polar surface area (TPSA) is 46.0 Å². The zero-order chi connectivity index (χ0) is 10.0. The summed E-state index contributed by atoms with van der Waals surface area (Å²) < 4.78 is 3.98. The van der Waals surface area contributed by atoms with Crippen molar-refractivity contribution in [2.24, 2.45) is 0 Å². The summed E-state index contributed by atoms with van der Waals surface area (Å²) in [6.07, 6.45) is 5.04. The fourth-order valence-corrected chi connectivity index (χ4v) is 1.91. The van der Waals surface area contributed by atoms with Gasteiger partial charge in [-0.2, -0.15) is 0 Å². The van der Waals surface area contributed by atoms with Crippen LogP contribution in [0.1, 0.15) is 17.4 Å². The number of pyridine rings is 1. The lowest BCUT2D eigenvalue weighted by atomic mass is 9.96. The third-order valence-electron chi connectivity index (χ3n) is 2.14. The van der Waals surface area contributed by atoms with Crippen LogP contribution in [0, 0.1) is 0 Å². The minimum atomic E-state index is -0.991. The Morgan fingerprint density at radius 3 is 2.79 bits per heavy atom. The Balaban J connectivity index is 2.43. The molecule has 0 saturated carbocycles. The highest BCUT2D eigenvalue weighted by molar-refractivity contribution is 7.05. The molecule has 2 aromatic rings. The fourth-order valence-electron chi connectivity index (χ4n) is 1.26. The highest BCUT2D eigenvalue weighted by Crippen LogP contribution is 2.30. The van der Waals surface area contributed by atoms with Crippen molar-refractivity contribution < 1.29 is 5.11 Å². The molecule has 1 unspecified atom stereocenters. The van der Waals surface area contributed by atoms with Crippen LogP contribution in [0.15, 0.2) is 36.8 Å². The van der Waals surface area contributed by atoms with Gasteiger partial charge in [-0.1, -0.05) is 6.07 Å². The Morgan fingerprint density at radius 2 is 2.21 bits per heavy atom. The van der Waals surface area contributed by atoms with Crippen molar-refractivity contribution in [1.82, 2.24) is 9.36 Å². The fraction of sp³-hybridized carbons (Fsp3) is 0.200. The third kappa shape index (κ3) is 1.54. The van der Waals surface area contributed by atoms with Crippen molar-refractivity contribution in [1.29, 1.82) is 0 Å². The van der Waals surface area contributed by atoms with E-state index >= 15 is 0 Å². The summed E-state index contributed by atoms with van der Waals surface area (Å²) >= 11 is 1.30. The first kappa shape index (κ1) is 9.30. The average molecular weight is 206 g/mol. The first-order chi connectivity index (χ1) is 6.71. The molecule has 0 saturated heterocycles. The minimum absolute atomic E-state index is 0.782. The van der Waals surface area contributed by atoms with Crippen LogP contribution in [-0.2, 0) is 5.60 Å². The monoisotopic (exact) mass is 206 g/mol. The summed E-state index contributed by atoms with van der Waals surface area (Å²) in [5, 5.41) is 10.3. The molecule has 2 heterocycles. The van der Waals surface area contributed by atoms with Gasteiger partial charge in [0.25, 0.3) is 0 Å². The lowest BCUT2D eigenvalue weighted by Crippen LogP contribution is -2.21. The molecule has 0 bridgehead atoms. The molecule has 0 aliphatic carbocycles. The molecule has 14 heavy (non-hydrogen) atoms. The van der Waals surface area contributed by atoms with Gasteiger partial charge >= 0.3 is 0 Å². The van der Waals surface area contributed by atoms with Gasteiger partial charge in [-0.3, -0.25) is 4.98 Å². The summed E-state index contributed by atoms with van der Waals surface area (Å²) in [7, 11) is 0. The van der Waals surface area contributed by atoms with E-state index in [4.69, 9.17) is 0 Å². The largest absolute Gasteiger partial charge is 0.380 e. The molecule has 72 valence electrons. The van der Waals surface area contributed by atoms with Crippen molar-refractivity contribution in [3.05, 3.63) is 47.2 Å². The highest BCUT2D eigenvalue weighted by Gasteiger charge is 2.27. The summed E-state index contributed by atoms with van der Waals surface area (Å²) in [6.45, 7) is 1.75. The Kier molecular flexibility index (Phi) is 2.31. The van der Waals surface area contributed by atoms with Crippen LogP contribution in [0.4, 0.5) is 0 Å². The van der Waals surface area contributed by atoms with Gasteiger partial charge in [0.05, 0.1) is 4.88 Å².